The van der Waals surface area contributed by atoms with Crippen molar-refractivity contribution in [3.05, 3.63) is 91.9 Å². The molecule has 2 amide bonds. The number of alkyl halides is 1. The van der Waals surface area contributed by atoms with E-state index in [1.807, 2.05) is 36.4 Å². The molecule has 2 aromatic heterocycles. The van der Waals surface area contributed by atoms with Crippen molar-refractivity contribution in [3.8, 4) is 0 Å². The van der Waals surface area contributed by atoms with Gasteiger partial charge >= 0.3 is 103 Å². The number of amides is 2. The molecule has 0 unspecified atom stereocenters. The molecule has 0 radical (unpaired) electrons. The van der Waals surface area contributed by atoms with Gasteiger partial charge in [-0.3, -0.25) is 19.5 Å². The summed E-state index contributed by atoms with van der Waals surface area (Å²) >= 11 is 10.2. The van der Waals surface area contributed by atoms with Gasteiger partial charge in [0.25, 0.3) is 18.3 Å². The van der Waals surface area contributed by atoms with Crippen LogP contribution in [-0.2, 0) is 21.6 Å². The molecule has 2 aromatic carbocycles. The Morgan fingerprint density at radius 3 is 1.83 bits per heavy atom. The van der Waals surface area contributed by atoms with Crippen molar-refractivity contribution in [2.45, 2.75) is 33.1 Å². The molecule has 0 spiro atoms. The molecule has 0 saturated heterocycles. The summed E-state index contributed by atoms with van der Waals surface area (Å²) in [6, 6.07) is 16.1. The quantitative estimate of drug-likeness (QED) is 0.0605. The van der Waals surface area contributed by atoms with Crippen LogP contribution >= 0.6 is 47.8 Å². The van der Waals surface area contributed by atoms with Crippen LogP contribution in [0.25, 0.3) is 0 Å². The molecule has 5 N–H and O–H groups in total. The van der Waals surface area contributed by atoms with Crippen molar-refractivity contribution in [1.82, 2.24) is 29.9 Å². The molecule has 0 aliphatic rings. The van der Waals surface area contributed by atoms with E-state index < -0.39 is 11.8 Å². The van der Waals surface area contributed by atoms with Crippen molar-refractivity contribution >= 4 is 66.1 Å². The Balaban J connectivity index is -0.000000253. The number of rotatable bonds is 6. The minimum absolute atomic E-state index is 0. The third-order valence-electron chi connectivity index (χ3n) is 4.20. The minimum Gasteiger partial charge on any atom is -1.00 e. The summed E-state index contributed by atoms with van der Waals surface area (Å²) in [5.41, 5.74) is 12.3. The third kappa shape index (κ3) is 19.2. The first-order valence-electron chi connectivity index (χ1n) is 10.7. The fraction of sp³-hybridized carbons (Fsp3) is 0.208. The summed E-state index contributed by atoms with van der Waals surface area (Å²) in [4.78, 5) is 40.2. The van der Waals surface area contributed by atoms with E-state index >= 15 is 0 Å². The predicted octanol–water partition coefficient (Wildman–Crippen LogP) is -2.76. The Morgan fingerprint density at radius 1 is 1.00 bits per heavy atom. The van der Waals surface area contributed by atoms with Gasteiger partial charge in [0, 0.05) is 14.3 Å². The number of hydrogen-bond acceptors (Lipinski definition) is 9. The second-order valence-corrected chi connectivity index (χ2v) is 9.59. The fourth-order valence-corrected chi connectivity index (χ4v) is 3.80. The van der Waals surface area contributed by atoms with Gasteiger partial charge in [0.1, 0.15) is 11.6 Å². The average molecular weight is 827 g/mol. The van der Waals surface area contributed by atoms with Gasteiger partial charge in [-0.15, -0.1) is 10.2 Å². The number of nitrogens with two attached hydrogens (primary N) is 2. The van der Waals surface area contributed by atoms with Gasteiger partial charge in [0.2, 0.25) is 11.6 Å². The summed E-state index contributed by atoms with van der Waals surface area (Å²) in [6.07, 6.45) is 0. The van der Waals surface area contributed by atoms with E-state index in [0.717, 1.165) is 19.8 Å². The van der Waals surface area contributed by atoms with Crippen LogP contribution in [-0.4, -0.2) is 48.2 Å². The van der Waals surface area contributed by atoms with Crippen LogP contribution in [0, 0.1) is 13.8 Å². The summed E-state index contributed by atoms with van der Waals surface area (Å²) in [5.74, 6) is 0.119. The van der Waals surface area contributed by atoms with Crippen LogP contribution in [0.1, 0.15) is 52.9 Å². The molecule has 4 rings (SSSR count). The molecule has 4 aromatic rings. The molecule has 42 heavy (non-hydrogen) atoms. The molecule has 218 valence electrons. The van der Waals surface area contributed by atoms with Crippen LogP contribution in [0.4, 0.5) is 0 Å². The standard InChI is InChI=1S/C11H11BrN4O.C7H6Br2.C4H6N4O.CH2O3.CH4.2K.H/c1-7-14-11(10(13)17)15-16(7)6-8-3-2-4-9(12)5-8;8-5-6-2-1-3-7(9)4-6;1-2-6-4(3(5)9)8-7-2;2-1-4-3;;;;/h2-5H,6H2,1H3,(H2,13,17);1-4H,5H2;1H3,(H2,5,9)(H,6,7,8);1,3H;1H4;;;/q;;;;;2*+1;-1/p-1. The maximum absolute atomic E-state index is 10.9. The number of aryl methyl sites for hydroxylation is 2. The zero-order valence-electron chi connectivity index (χ0n) is 23.7. The van der Waals surface area contributed by atoms with Crippen molar-refractivity contribution in [3.63, 3.8) is 0 Å². The maximum atomic E-state index is 10.9. The van der Waals surface area contributed by atoms with Gasteiger partial charge in [-0.05, 0) is 49.2 Å². The molecule has 0 saturated carbocycles. The molecular formula is C24H29Br3K2N8O5. The molecule has 0 atom stereocenters. The van der Waals surface area contributed by atoms with E-state index in [-0.39, 0.29) is 130 Å². The summed E-state index contributed by atoms with van der Waals surface area (Å²) in [5, 5.41) is 19.4. The molecule has 0 bridgehead atoms. The molecule has 13 nitrogen and oxygen atoms in total. The van der Waals surface area contributed by atoms with Gasteiger partial charge in [-0.2, -0.15) is 0 Å². The van der Waals surface area contributed by atoms with Crippen LogP contribution in [0.15, 0.2) is 57.5 Å². The summed E-state index contributed by atoms with van der Waals surface area (Å²) in [6.45, 7) is 3.86. The van der Waals surface area contributed by atoms with Crippen molar-refractivity contribution < 1.29 is 129 Å². The van der Waals surface area contributed by atoms with Crippen LogP contribution in [0.5, 0.6) is 0 Å². The number of aromatic amines is 1. The normalized spacial score (nSPS) is 8.81. The molecule has 2 heterocycles. The SMILES string of the molecule is BrCc1cccc(Br)c1.C.Cc1nc(C(N)=O)n[nH]1.Cc1nc(C(N)=O)nn1Cc1cccc(Br)c1.O=CO[O-].[H-].[K+].[K+]. The smallest absolute Gasteiger partial charge is 1.00 e. The van der Waals surface area contributed by atoms with Crippen molar-refractivity contribution in [2.24, 2.45) is 11.5 Å². The van der Waals surface area contributed by atoms with Crippen LogP contribution in [0.3, 0.4) is 0 Å². The van der Waals surface area contributed by atoms with E-state index in [1.54, 1.807) is 18.5 Å². The molecule has 0 aliphatic carbocycles. The van der Waals surface area contributed by atoms with Gasteiger partial charge < -0.3 is 23.0 Å². The van der Waals surface area contributed by atoms with Gasteiger partial charge in [0.05, 0.1) is 6.54 Å². The van der Waals surface area contributed by atoms with Gasteiger partial charge in [-0.25, -0.2) is 14.6 Å². The van der Waals surface area contributed by atoms with E-state index in [0.29, 0.717) is 18.2 Å². The van der Waals surface area contributed by atoms with E-state index in [4.69, 9.17) is 21.5 Å². The van der Waals surface area contributed by atoms with Crippen molar-refractivity contribution in [2.75, 3.05) is 0 Å². The Bertz CT molecular complexity index is 1380. The Hall–Kier alpha value is -0.197. The topological polar surface area (TPSA) is 208 Å². The number of carbonyl (C=O) groups is 3. The second-order valence-electron chi connectivity index (χ2n) is 7.20. The van der Waals surface area contributed by atoms with Crippen molar-refractivity contribution in [1.29, 1.82) is 0 Å². The van der Waals surface area contributed by atoms with E-state index in [1.165, 1.54) is 5.56 Å². The predicted molar refractivity (Wildman–Crippen MR) is 158 cm³/mol. The average Bonchev–Trinajstić information content (AvgIpc) is 3.51. The number of benzene rings is 2. The minimum atomic E-state index is -0.612. The summed E-state index contributed by atoms with van der Waals surface area (Å²) < 4.78 is 3.80. The number of primary amides is 2. The zero-order valence-corrected chi connectivity index (χ0v) is 33.7. The number of hydrogen-bond donors (Lipinski definition) is 3. The Morgan fingerprint density at radius 2 is 1.50 bits per heavy atom. The third-order valence-corrected chi connectivity index (χ3v) is 5.83. The number of aromatic nitrogens is 6. The number of halogens is 3. The molecule has 0 fully saturated rings. The van der Waals surface area contributed by atoms with E-state index in [9.17, 15) is 9.59 Å². The second kappa shape index (κ2) is 26.1. The fourth-order valence-electron chi connectivity index (χ4n) is 2.56. The Labute approximate surface area is 355 Å². The first-order valence-corrected chi connectivity index (χ1v) is 13.4. The number of carbonyl (C=O) groups excluding carboxylic acids is 3. The van der Waals surface area contributed by atoms with Gasteiger partial charge in [-0.1, -0.05) is 79.5 Å². The number of nitrogens with one attached hydrogen (secondary N) is 1. The van der Waals surface area contributed by atoms with Gasteiger partial charge in [0.15, 0.2) is 0 Å². The molecule has 0 aliphatic heterocycles. The summed E-state index contributed by atoms with van der Waals surface area (Å²) in [7, 11) is 0. The van der Waals surface area contributed by atoms with Crippen LogP contribution < -0.4 is 119 Å². The molecular weight excluding hydrogens is 798 g/mol. The first kappa shape index (κ1) is 46.2. The van der Waals surface area contributed by atoms with E-state index in [2.05, 4.69) is 90.1 Å². The Kier molecular flexibility index (Phi) is 28.7. The number of nitrogens with zero attached hydrogens (tertiary/aromatic N) is 5. The number of H-pyrrole nitrogens is 1. The monoisotopic (exact) mass is 824 g/mol. The first-order chi connectivity index (χ1) is 18.5. The zero-order chi connectivity index (χ0) is 29.4. The molecule has 18 heteroatoms. The maximum Gasteiger partial charge on any atom is 1.00 e. The largest absolute Gasteiger partial charge is 1.00 e. The van der Waals surface area contributed by atoms with Crippen LogP contribution in [0.2, 0.25) is 0 Å².